The number of anilines is 1. The monoisotopic (exact) mass is 478 g/mol. The number of amides is 2. The molecule has 0 saturated carbocycles. The molecule has 7 nitrogen and oxygen atoms in total. The summed E-state index contributed by atoms with van der Waals surface area (Å²) >= 11 is 3.04. The fourth-order valence-electron chi connectivity index (χ4n) is 3.40. The van der Waals surface area contributed by atoms with Crippen molar-refractivity contribution in [2.24, 2.45) is 0 Å². The molecule has 1 fully saturated rings. The molecule has 4 rings (SSSR count). The Morgan fingerprint density at radius 2 is 1.97 bits per heavy atom. The van der Waals surface area contributed by atoms with Gasteiger partial charge in [0.2, 0.25) is 11.8 Å². The number of ether oxygens (including phenoxy) is 1. The Bertz CT molecular complexity index is 1170. The van der Waals surface area contributed by atoms with Crippen LogP contribution < -0.4 is 10.1 Å². The summed E-state index contributed by atoms with van der Waals surface area (Å²) in [5.74, 6) is 1.47. The minimum atomic E-state index is -0.539. The Morgan fingerprint density at radius 3 is 2.67 bits per heavy atom. The summed E-state index contributed by atoms with van der Waals surface area (Å²) in [6, 6.07) is 15.9. The van der Waals surface area contributed by atoms with Gasteiger partial charge in [0.1, 0.15) is 16.8 Å². The van der Waals surface area contributed by atoms with Gasteiger partial charge in [-0.25, -0.2) is 4.98 Å². The number of thioether (sulfide) groups is 1. The number of nitrogens with one attached hydrogen (secondary N) is 1. The van der Waals surface area contributed by atoms with Crippen LogP contribution in [0.3, 0.4) is 0 Å². The molecular formula is C24H22N4O3S2. The van der Waals surface area contributed by atoms with Crippen molar-refractivity contribution >= 4 is 40.6 Å². The van der Waals surface area contributed by atoms with E-state index in [0.29, 0.717) is 35.2 Å². The normalized spacial score (nSPS) is 15.2. The molecule has 1 saturated heterocycles. The van der Waals surface area contributed by atoms with E-state index in [-0.39, 0.29) is 18.2 Å². The number of hydrogen-bond acceptors (Lipinski definition) is 7. The molecule has 0 radical (unpaired) electrons. The molecule has 1 aromatic heterocycles. The van der Waals surface area contributed by atoms with Crippen molar-refractivity contribution in [3.63, 3.8) is 0 Å². The van der Waals surface area contributed by atoms with Gasteiger partial charge in [0.25, 0.3) is 0 Å². The Kier molecular flexibility index (Phi) is 7.27. The van der Waals surface area contributed by atoms with Crippen LogP contribution in [0.2, 0.25) is 0 Å². The number of carbonyl (C=O) groups is 2. The first-order chi connectivity index (χ1) is 16.1. The number of aromatic nitrogens is 1. The van der Waals surface area contributed by atoms with Crippen LogP contribution in [0.15, 0.2) is 53.9 Å². The van der Waals surface area contributed by atoms with Crippen molar-refractivity contribution in [2.45, 2.75) is 19.4 Å². The largest absolute Gasteiger partial charge is 0.494 e. The topological polar surface area (TPSA) is 95.3 Å². The van der Waals surface area contributed by atoms with Crippen LogP contribution in [-0.2, 0) is 16.0 Å². The fraction of sp³-hybridized carbons (Fsp3) is 0.250. The van der Waals surface area contributed by atoms with E-state index < -0.39 is 6.04 Å². The number of nitrogens with zero attached hydrogens (tertiary/aromatic N) is 3. The highest BCUT2D eigenvalue weighted by atomic mass is 32.2. The third-order valence-electron chi connectivity index (χ3n) is 5.08. The van der Waals surface area contributed by atoms with Crippen LogP contribution in [-0.4, -0.2) is 46.0 Å². The minimum Gasteiger partial charge on any atom is -0.494 e. The van der Waals surface area contributed by atoms with Crippen LogP contribution in [0.1, 0.15) is 18.2 Å². The number of thiazole rings is 1. The maximum Gasteiger partial charge on any atom is 0.248 e. The maximum absolute atomic E-state index is 13.0. The average Bonchev–Trinajstić information content (AvgIpc) is 3.50. The summed E-state index contributed by atoms with van der Waals surface area (Å²) < 4.78 is 5.47. The lowest BCUT2D eigenvalue weighted by atomic mass is 10.2. The molecule has 2 aromatic carbocycles. The lowest BCUT2D eigenvalue weighted by molar-refractivity contribution is -0.135. The second-order valence-electron chi connectivity index (χ2n) is 7.34. The highest BCUT2D eigenvalue weighted by molar-refractivity contribution is 7.99. The first-order valence-corrected chi connectivity index (χ1v) is 12.5. The van der Waals surface area contributed by atoms with E-state index in [1.165, 1.54) is 11.3 Å². The van der Waals surface area contributed by atoms with Crippen LogP contribution in [0.5, 0.6) is 5.75 Å². The van der Waals surface area contributed by atoms with E-state index in [0.717, 1.165) is 16.3 Å². The molecular weight excluding hydrogens is 456 g/mol. The van der Waals surface area contributed by atoms with Gasteiger partial charge in [-0.05, 0) is 55.5 Å². The summed E-state index contributed by atoms with van der Waals surface area (Å²) in [5, 5.41) is 14.5. The zero-order chi connectivity index (χ0) is 23.2. The zero-order valence-electron chi connectivity index (χ0n) is 18.0. The van der Waals surface area contributed by atoms with Crippen LogP contribution >= 0.6 is 23.1 Å². The van der Waals surface area contributed by atoms with Gasteiger partial charge in [-0.2, -0.15) is 5.26 Å². The van der Waals surface area contributed by atoms with Crippen molar-refractivity contribution in [1.29, 1.82) is 5.26 Å². The van der Waals surface area contributed by atoms with E-state index in [9.17, 15) is 9.59 Å². The molecule has 1 N–H and O–H groups in total. The van der Waals surface area contributed by atoms with Crippen molar-refractivity contribution in [3.8, 4) is 22.4 Å². The van der Waals surface area contributed by atoms with Gasteiger partial charge in [-0.3, -0.25) is 9.59 Å². The van der Waals surface area contributed by atoms with E-state index in [4.69, 9.17) is 10.00 Å². The minimum absolute atomic E-state index is 0.122. The maximum atomic E-state index is 13.0. The number of hydrogen-bond donors (Lipinski definition) is 1. The molecule has 0 spiro atoms. The SMILES string of the molecule is CCOc1ccc(-c2nc(CC(=O)N3CSCC3C(=O)Nc3ccc(C#N)cc3)cs2)cc1. The molecule has 1 aliphatic heterocycles. The lowest BCUT2D eigenvalue weighted by Crippen LogP contribution is -2.45. The Morgan fingerprint density at radius 1 is 1.21 bits per heavy atom. The fourth-order valence-corrected chi connectivity index (χ4v) is 5.40. The number of benzene rings is 2. The summed E-state index contributed by atoms with van der Waals surface area (Å²) in [4.78, 5) is 32.0. The van der Waals surface area contributed by atoms with Gasteiger partial charge >= 0.3 is 0 Å². The van der Waals surface area contributed by atoms with Crippen molar-refractivity contribution in [1.82, 2.24) is 9.88 Å². The van der Waals surface area contributed by atoms with Crippen molar-refractivity contribution in [3.05, 3.63) is 65.2 Å². The van der Waals surface area contributed by atoms with Gasteiger partial charge in [0, 0.05) is 22.4 Å². The Labute approximate surface area is 200 Å². The van der Waals surface area contributed by atoms with Crippen molar-refractivity contribution < 1.29 is 14.3 Å². The second-order valence-corrected chi connectivity index (χ2v) is 9.19. The Hall–Kier alpha value is -3.35. The predicted molar refractivity (Wildman–Crippen MR) is 130 cm³/mol. The van der Waals surface area contributed by atoms with E-state index >= 15 is 0 Å². The number of nitriles is 1. The van der Waals surface area contributed by atoms with Crippen LogP contribution in [0.25, 0.3) is 10.6 Å². The molecule has 0 bridgehead atoms. The molecule has 2 amide bonds. The Balaban J connectivity index is 1.38. The molecule has 168 valence electrons. The molecule has 33 heavy (non-hydrogen) atoms. The summed E-state index contributed by atoms with van der Waals surface area (Å²) in [6.45, 7) is 2.56. The summed E-state index contributed by atoms with van der Waals surface area (Å²) in [6.07, 6.45) is 0.148. The quantitative estimate of drug-likeness (QED) is 0.548. The van der Waals surface area contributed by atoms with E-state index in [1.807, 2.05) is 42.6 Å². The molecule has 9 heteroatoms. The number of rotatable bonds is 7. The predicted octanol–water partition coefficient (Wildman–Crippen LogP) is 4.16. The third-order valence-corrected chi connectivity index (χ3v) is 7.04. The van der Waals surface area contributed by atoms with Gasteiger partial charge in [-0.1, -0.05) is 0 Å². The molecule has 1 atom stereocenters. The molecule has 1 aliphatic rings. The molecule has 2 heterocycles. The van der Waals surface area contributed by atoms with Gasteiger partial charge in [0.05, 0.1) is 36.2 Å². The highest BCUT2D eigenvalue weighted by Crippen LogP contribution is 2.27. The summed E-state index contributed by atoms with van der Waals surface area (Å²) in [5.41, 5.74) is 2.78. The smallest absolute Gasteiger partial charge is 0.248 e. The highest BCUT2D eigenvalue weighted by Gasteiger charge is 2.34. The lowest BCUT2D eigenvalue weighted by Gasteiger charge is -2.22. The van der Waals surface area contributed by atoms with Gasteiger partial charge in [-0.15, -0.1) is 23.1 Å². The van der Waals surface area contributed by atoms with Crippen LogP contribution in [0, 0.1) is 11.3 Å². The van der Waals surface area contributed by atoms with Gasteiger partial charge in [0.15, 0.2) is 0 Å². The first kappa shape index (κ1) is 22.8. The molecule has 0 aliphatic carbocycles. The van der Waals surface area contributed by atoms with Crippen molar-refractivity contribution in [2.75, 3.05) is 23.6 Å². The number of carbonyl (C=O) groups excluding carboxylic acids is 2. The first-order valence-electron chi connectivity index (χ1n) is 10.4. The summed E-state index contributed by atoms with van der Waals surface area (Å²) in [7, 11) is 0. The van der Waals surface area contributed by atoms with Crippen LogP contribution in [0.4, 0.5) is 5.69 Å². The standard InChI is InChI=1S/C24H22N4O3S2/c1-2-31-20-9-5-17(6-10-20)24-27-19(13-33-24)11-22(29)28-15-32-14-21(28)23(30)26-18-7-3-16(12-25)4-8-18/h3-10,13,21H,2,11,14-15H2,1H3,(H,26,30). The molecule has 1 unspecified atom stereocenters. The average molecular weight is 479 g/mol. The third kappa shape index (κ3) is 5.53. The van der Waals surface area contributed by atoms with E-state index in [2.05, 4.69) is 10.3 Å². The molecule has 3 aromatic rings. The second kappa shape index (κ2) is 10.5. The zero-order valence-corrected chi connectivity index (χ0v) is 19.6. The van der Waals surface area contributed by atoms with E-state index in [1.54, 1.807) is 40.9 Å². The van der Waals surface area contributed by atoms with Gasteiger partial charge < -0.3 is 15.0 Å².